The largest absolute Gasteiger partial charge is 0.316 e. The monoisotopic (exact) mass is 239 g/mol. The van der Waals surface area contributed by atoms with Crippen LogP contribution < -0.4 is 5.32 Å². The second-order valence-electron chi connectivity index (χ2n) is 6.07. The van der Waals surface area contributed by atoms with Crippen molar-refractivity contribution in [1.29, 1.82) is 0 Å². The van der Waals surface area contributed by atoms with Crippen molar-refractivity contribution in [2.45, 2.75) is 32.6 Å². The van der Waals surface area contributed by atoms with Crippen molar-refractivity contribution in [3.63, 3.8) is 0 Å². The Hall–Kier alpha value is -0.120. The summed E-state index contributed by atoms with van der Waals surface area (Å²) in [5.41, 5.74) is 0.555. The van der Waals surface area contributed by atoms with Gasteiger partial charge in [0, 0.05) is 26.2 Å². The van der Waals surface area contributed by atoms with Crippen LogP contribution in [0.5, 0.6) is 0 Å². The van der Waals surface area contributed by atoms with Gasteiger partial charge in [-0.1, -0.05) is 6.92 Å². The van der Waals surface area contributed by atoms with Crippen LogP contribution >= 0.6 is 0 Å². The molecule has 0 radical (unpaired) electrons. The van der Waals surface area contributed by atoms with Gasteiger partial charge in [0.25, 0.3) is 0 Å². The number of rotatable bonds is 6. The normalized spacial score (nSPS) is 30.5. The molecule has 0 aromatic carbocycles. The van der Waals surface area contributed by atoms with Gasteiger partial charge in [-0.25, -0.2) is 0 Å². The fraction of sp³-hybridized carbons (Fsp3) is 1.00. The molecule has 0 saturated carbocycles. The molecule has 2 fully saturated rings. The minimum absolute atomic E-state index is 0.555. The summed E-state index contributed by atoms with van der Waals surface area (Å²) in [6, 6.07) is 0. The van der Waals surface area contributed by atoms with E-state index in [4.69, 9.17) is 0 Å². The SMILES string of the molecule is CCC1(CN(C)CCN2CCCC2)CCNC1. The predicted octanol–water partition coefficient (Wildman–Crippen LogP) is 1.40. The highest BCUT2D eigenvalue weighted by atomic mass is 15.2. The first-order chi connectivity index (χ1) is 8.24. The molecule has 100 valence electrons. The molecular weight excluding hydrogens is 210 g/mol. The first kappa shape index (κ1) is 13.3. The van der Waals surface area contributed by atoms with E-state index in [0.717, 1.165) is 0 Å². The first-order valence-electron chi connectivity index (χ1n) is 7.36. The minimum Gasteiger partial charge on any atom is -0.316 e. The third kappa shape index (κ3) is 3.67. The Morgan fingerprint density at radius 3 is 2.65 bits per heavy atom. The summed E-state index contributed by atoms with van der Waals surface area (Å²) in [6.45, 7) is 11.2. The van der Waals surface area contributed by atoms with Gasteiger partial charge in [-0.05, 0) is 57.8 Å². The van der Waals surface area contributed by atoms with E-state index in [0.29, 0.717) is 5.41 Å². The maximum Gasteiger partial charge on any atom is 0.0109 e. The quantitative estimate of drug-likeness (QED) is 0.756. The van der Waals surface area contributed by atoms with E-state index >= 15 is 0 Å². The molecule has 0 aliphatic carbocycles. The fourth-order valence-electron chi connectivity index (χ4n) is 3.31. The molecule has 2 saturated heterocycles. The maximum absolute atomic E-state index is 3.53. The van der Waals surface area contributed by atoms with Crippen molar-refractivity contribution in [3.8, 4) is 0 Å². The van der Waals surface area contributed by atoms with Crippen LogP contribution in [0.4, 0.5) is 0 Å². The van der Waals surface area contributed by atoms with Gasteiger partial charge in [0.2, 0.25) is 0 Å². The summed E-state index contributed by atoms with van der Waals surface area (Å²) in [4.78, 5) is 5.16. The fourth-order valence-corrected chi connectivity index (χ4v) is 3.31. The molecule has 0 aromatic rings. The Bertz CT molecular complexity index is 218. The van der Waals surface area contributed by atoms with Crippen LogP contribution in [0.15, 0.2) is 0 Å². The van der Waals surface area contributed by atoms with Crippen LogP contribution in [-0.2, 0) is 0 Å². The van der Waals surface area contributed by atoms with Gasteiger partial charge in [0.1, 0.15) is 0 Å². The lowest BCUT2D eigenvalue weighted by Gasteiger charge is -2.32. The van der Waals surface area contributed by atoms with E-state index in [9.17, 15) is 0 Å². The van der Waals surface area contributed by atoms with E-state index in [1.54, 1.807) is 0 Å². The zero-order valence-electron chi connectivity index (χ0n) is 11.7. The van der Waals surface area contributed by atoms with Crippen molar-refractivity contribution < 1.29 is 0 Å². The van der Waals surface area contributed by atoms with E-state index in [1.807, 2.05) is 0 Å². The Labute approximate surface area is 107 Å². The molecule has 0 amide bonds. The zero-order chi connectivity index (χ0) is 12.1. The molecule has 3 nitrogen and oxygen atoms in total. The van der Waals surface area contributed by atoms with Gasteiger partial charge in [-0.3, -0.25) is 0 Å². The van der Waals surface area contributed by atoms with Gasteiger partial charge < -0.3 is 15.1 Å². The Kier molecular flexibility index (Phi) is 4.83. The lowest BCUT2D eigenvalue weighted by molar-refractivity contribution is 0.169. The highest BCUT2D eigenvalue weighted by Gasteiger charge is 2.32. The van der Waals surface area contributed by atoms with Crippen molar-refractivity contribution in [2.24, 2.45) is 5.41 Å². The van der Waals surface area contributed by atoms with E-state index < -0.39 is 0 Å². The van der Waals surface area contributed by atoms with Gasteiger partial charge in [0.15, 0.2) is 0 Å². The Balaban J connectivity index is 1.70. The molecule has 17 heavy (non-hydrogen) atoms. The van der Waals surface area contributed by atoms with Crippen LogP contribution in [0.1, 0.15) is 32.6 Å². The average molecular weight is 239 g/mol. The third-order valence-corrected chi connectivity index (χ3v) is 4.68. The number of nitrogens with one attached hydrogen (secondary N) is 1. The first-order valence-corrected chi connectivity index (χ1v) is 7.36. The number of likely N-dealkylation sites (tertiary alicyclic amines) is 1. The highest BCUT2D eigenvalue weighted by Crippen LogP contribution is 2.29. The maximum atomic E-state index is 3.53. The predicted molar refractivity (Wildman–Crippen MR) is 73.4 cm³/mol. The van der Waals surface area contributed by atoms with Crippen molar-refractivity contribution in [2.75, 3.05) is 52.9 Å². The van der Waals surface area contributed by atoms with Gasteiger partial charge in [-0.15, -0.1) is 0 Å². The molecule has 2 rings (SSSR count). The number of likely N-dealkylation sites (N-methyl/N-ethyl adjacent to an activating group) is 1. The topological polar surface area (TPSA) is 18.5 Å². The molecule has 0 spiro atoms. The molecule has 1 N–H and O–H groups in total. The minimum atomic E-state index is 0.555. The molecule has 1 unspecified atom stereocenters. The standard InChI is InChI=1S/C14H29N3/c1-3-14(6-7-15-12-14)13-16(2)10-11-17-8-4-5-9-17/h15H,3-13H2,1-2H3. The summed E-state index contributed by atoms with van der Waals surface area (Å²) in [5, 5.41) is 3.53. The Morgan fingerprint density at radius 2 is 2.06 bits per heavy atom. The van der Waals surface area contributed by atoms with Crippen LogP contribution in [0.25, 0.3) is 0 Å². The van der Waals surface area contributed by atoms with Crippen molar-refractivity contribution in [1.82, 2.24) is 15.1 Å². The summed E-state index contributed by atoms with van der Waals surface area (Å²) in [7, 11) is 2.30. The highest BCUT2D eigenvalue weighted by molar-refractivity contribution is 4.89. The lowest BCUT2D eigenvalue weighted by Crippen LogP contribution is -2.40. The smallest absolute Gasteiger partial charge is 0.0109 e. The molecule has 0 bridgehead atoms. The average Bonchev–Trinajstić information content (AvgIpc) is 2.98. The third-order valence-electron chi connectivity index (χ3n) is 4.68. The lowest BCUT2D eigenvalue weighted by atomic mass is 9.84. The second-order valence-corrected chi connectivity index (χ2v) is 6.07. The van der Waals surface area contributed by atoms with Crippen LogP contribution in [-0.4, -0.2) is 62.7 Å². The van der Waals surface area contributed by atoms with Crippen LogP contribution in [0, 0.1) is 5.41 Å². The number of hydrogen-bond donors (Lipinski definition) is 1. The molecule has 2 heterocycles. The van der Waals surface area contributed by atoms with E-state index in [-0.39, 0.29) is 0 Å². The van der Waals surface area contributed by atoms with Gasteiger partial charge in [0.05, 0.1) is 0 Å². The molecule has 2 aliphatic rings. The van der Waals surface area contributed by atoms with E-state index in [2.05, 4.69) is 29.1 Å². The van der Waals surface area contributed by atoms with Gasteiger partial charge >= 0.3 is 0 Å². The summed E-state index contributed by atoms with van der Waals surface area (Å²) in [5.74, 6) is 0. The number of hydrogen-bond acceptors (Lipinski definition) is 3. The molecule has 3 heteroatoms. The van der Waals surface area contributed by atoms with E-state index in [1.165, 1.54) is 71.5 Å². The summed E-state index contributed by atoms with van der Waals surface area (Å²) < 4.78 is 0. The summed E-state index contributed by atoms with van der Waals surface area (Å²) in [6.07, 6.45) is 5.49. The number of nitrogens with zero attached hydrogens (tertiary/aromatic N) is 2. The Morgan fingerprint density at radius 1 is 1.29 bits per heavy atom. The summed E-state index contributed by atoms with van der Waals surface area (Å²) >= 11 is 0. The van der Waals surface area contributed by atoms with Crippen LogP contribution in [0.3, 0.4) is 0 Å². The molecule has 1 atom stereocenters. The molecule has 2 aliphatic heterocycles. The zero-order valence-corrected chi connectivity index (χ0v) is 11.7. The molecule has 0 aromatic heterocycles. The second kappa shape index (κ2) is 6.17. The van der Waals surface area contributed by atoms with Crippen molar-refractivity contribution in [3.05, 3.63) is 0 Å². The van der Waals surface area contributed by atoms with Gasteiger partial charge in [-0.2, -0.15) is 0 Å². The van der Waals surface area contributed by atoms with Crippen molar-refractivity contribution >= 4 is 0 Å². The molecular formula is C14H29N3. The van der Waals surface area contributed by atoms with Crippen LogP contribution in [0.2, 0.25) is 0 Å².